The molecule has 0 saturated heterocycles. The van der Waals surface area contributed by atoms with Crippen LogP contribution in [-0.4, -0.2) is 26.0 Å². The average molecular weight is 310 g/mol. The van der Waals surface area contributed by atoms with Crippen molar-refractivity contribution in [1.29, 1.82) is 0 Å². The lowest BCUT2D eigenvalue weighted by Gasteiger charge is -2.12. The van der Waals surface area contributed by atoms with E-state index in [1.807, 2.05) is 26.0 Å². The van der Waals surface area contributed by atoms with E-state index in [0.29, 0.717) is 5.56 Å². The number of phenolic OH excluding ortho intramolecular Hbond substituents is 2. The van der Waals surface area contributed by atoms with Crippen molar-refractivity contribution in [3.8, 4) is 11.5 Å². The van der Waals surface area contributed by atoms with Crippen LogP contribution in [0.3, 0.4) is 0 Å². The van der Waals surface area contributed by atoms with Gasteiger partial charge in [0.1, 0.15) is 17.1 Å². The molecule has 0 aliphatic carbocycles. The molecule has 5 heteroatoms. The van der Waals surface area contributed by atoms with Gasteiger partial charge in [-0.25, -0.2) is 4.98 Å². The highest BCUT2D eigenvalue weighted by molar-refractivity contribution is 6.00. The Morgan fingerprint density at radius 2 is 2.00 bits per heavy atom. The Morgan fingerprint density at radius 3 is 2.74 bits per heavy atom. The van der Waals surface area contributed by atoms with Gasteiger partial charge in [0.05, 0.1) is 5.56 Å². The fraction of sp³-hybridized carbons (Fsp3) is 0.222. The number of phenols is 2. The van der Waals surface area contributed by atoms with Gasteiger partial charge < -0.3 is 15.2 Å². The minimum absolute atomic E-state index is 0.00413. The number of carbonyl (C=O) groups is 1. The fourth-order valence-corrected chi connectivity index (χ4v) is 2.64. The summed E-state index contributed by atoms with van der Waals surface area (Å²) in [5, 5.41) is 20.8. The van der Waals surface area contributed by atoms with Crippen LogP contribution >= 0.6 is 0 Å². The number of hydrogen-bond acceptors (Lipinski definition) is 4. The number of pyridine rings is 1. The Morgan fingerprint density at radius 1 is 1.22 bits per heavy atom. The molecule has 2 aromatic heterocycles. The Kier molecular flexibility index (Phi) is 3.78. The van der Waals surface area contributed by atoms with Crippen LogP contribution in [0.15, 0.2) is 36.7 Å². The van der Waals surface area contributed by atoms with Crippen LogP contribution in [0.5, 0.6) is 11.5 Å². The molecule has 0 bridgehead atoms. The smallest absolute Gasteiger partial charge is 0.171 e. The Hall–Kier alpha value is -2.82. The number of fused-ring (bicyclic) bond motifs is 1. The zero-order chi connectivity index (χ0) is 16.6. The molecule has 0 radical (unpaired) electrons. The van der Waals surface area contributed by atoms with Gasteiger partial charge in [0.25, 0.3) is 0 Å². The average Bonchev–Trinajstić information content (AvgIpc) is 2.94. The van der Waals surface area contributed by atoms with Gasteiger partial charge >= 0.3 is 0 Å². The number of carbonyl (C=O) groups excluding carboxylic acids is 1. The normalized spacial score (nSPS) is 11.3. The van der Waals surface area contributed by atoms with Gasteiger partial charge in [-0.15, -0.1) is 0 Å². The molecule has 118 valence electrons. The number of nitrogens with one attached hydrogen (secondary N) is 1. The molecule has 0 amide bonds. The van der Waals surface area contributed by atoms with E-state index in [9.17, 15) is 15.0 Å². The molecule has 0 spiro atoms. The maximum Gasteiger partial charge on any atom is 0.171 e. The third-order valence-corrected chi connectivity index (χ3v) is 3.89. The summed E-state index contributed by atoms with van der Waals surface area (Å²) in [6, 6.07) is 6.60. The Balaban J connectivity index is 1.92. The first-order chi connectivity index (χ1) is 11.0. The van der Waals surface area contributed by atoms with Crippen LogP contribution in [0, 0.1) is 0 Å². The van der Waals surface area contributed by atoms with Gasteiger partial charge in [-0.2, -0.15) is 0 Å². The Bertz CT molecular complexity index is 881. The highest BCUT2D eigenvalue weighted by Gasteiger charge is 2.17. The fourth-order valence-electron chi connectivity index (χ4n) is 2.64. The number of aromatic nitrogens is 2. The lowest BCUT2D eigenvalue weighted by atomic mass is 9.95. The highest BCUT2D eigenvalue weighted by Crippen LogP contribution is 2.32. The molecule has 2 heterocycles. The van der Waals surface area contributed by atoms with Crippen molar-refractivity contribution < 1.29 is 15.0 Å². The highest BCUT2D eigenvalue weighted by atomic mass is 16.3. The summed E-state index contributed by atoms with van der Waals surface area (Å²) in [4.78, 5) is 19.8. The summed E-state index contributed by atoms with van der Waals surface area (Å²) in [7, 11) is 0. The van der Waals surface area contributed by atoms with E-state index in [2.05, 4.69) is 9.97 Å². The largest absolute Gasteiger partial charge is 0.508 e. The molecule has 1 aromatic carbocycles. The third-order valence-electron chi connectivity index (χ3n) is 3.89. The number of aromatic amines is 1. The zero-order valence-corrected chi connectivity index (χ0v) is 13.0. The molecule has 3 N–H and O–H groups in total. The third kappa shape index (κ3) is 2.90. The molecular weight excluding hydrogens is 292 g/mol. The molecule has 5 nitrogen and oxygen atoms in total. The van der Waals surface area contributed by atoms with Gasteiger partial charge in [0.15, 0.2) is 5.78 Å². The zero-order valence-electron chi connectivity index (χ0n) is 13.0. The van der Waals surface area contributed by atoms with Gasteiger partial charge in [-0.3, -0.25) is 4.79 Å². The van der Waals surface area contributed by atoms with Crippen LogP contribution in [0.25, 0.3) is 11.0 Å². The number of Topliss-reactive ketones (excluding diaryl/α,β-unsaturated/α-hetero) is 1. The van der Waals surface area contributed by atoms with Gasteiger partial charge in [0.2, 0.25) is 0 Å². The lowest BCUT2D eigenvalue weighted by Crippen LogP contribution is -2.05. The molecule has 0 aliphatic heterocycles. The van der Waals surface area contributed by atoms with Crippen LogP contribution in [0.2, 0.25) is 0 Å². The Labute approximate surface area is 133 Å². The molecule has 3 rings (SSSR count). The van der Waals surface area contributed by atoms with Crippen LogP contribution < -0.4 is 0 Å². The lowest BCUT2D eigenvalue weighted by molar-refractivity contribution is 0.0990. The molecule has 0 saturated carbocycles. The minimum Gasteiger partial charge on any atom is -0.508 e. The van der Waals surface area contributed by atoms with Crippen LogP contribution in [0.4, 0.5) is 0 Å². The van der Waals surface area contributed by atoms with Crippen LogP contribution in [0.1, 0.15) is 41.3 Å². The van der Waals surface area contributed by atoms with E-state index >= 15 is 0 Å². The summed E-state index contributed by atoms with van der Waals surface area (Å²) < 4.78 is 0. The molecule has 0 atom stereocenters. The second-order valence-corrected chi connectivity index (χ2v) is 5.94. The summed E-state index contributed by atoms with van der Waals surface area (Å²) in [5.74, 6) is -0.349. The second kappa shape index (κ2) is 5.76. The van der Waals surface area contributed by atoms with Gasteiger partial charge in [-0.05, 0) is 35.2 Å². The van der Waals surface area contributed by atoms with Crippen molar-refractivity contribution in [3.05, 3.63) is 53.3 Å². The van der Waals surface area contributed by atoms with Crippen molar-refractivity contribution in [2.75, 3.05) is 0 Å². The number of rotatable bonds is 4. The quantitative estimate of drug-likeness (QED) is 0.643. The van der Waals surface area contributed by atoms with Crippen LogP contribution in [-0.2, 0) is 6.42 Å². The predicted octanol–water partition coefficient (Wildman–Crippen LogP) is 3.52. The molecule has 3 aromatic rings. The number of nitrogens with zero attached hydrogens (tertiary/aromatic N) is 1. The SMILES string of the molecule is CC(C)c1cc(C(=O)Cc2cnc3[nH]ccc3c2)c(O)cc1O. The maximum atomic E-state index is 12.5. The summed E-state index contributed by atoms with van der Waals surface area (Å²) in [6.07, 6.45) is 3.59. The van der Waals surface area contributed by atoms with E-state index in [0.717, 1.165) is 16.6 Å². The molecule has 0 aliphatic rings. The first-order valence-electron chi connectivity index (χ1n) is 7.47. The standard InChI is InChI=1S/C18H18N2O3/c1-10(2)13-7-14(17(23)8-16(13)22)15(21)6-11-5-12-3-4-19-18(12)20-9-11/h3-5,7-10,22-23H,6H2,1-2H3,(H,19,20). The monoisotopic (exact) mass is 310 g/mol. The van der Waals surface area contributed by atoms with Crippen molar-refractivity contribution in [1.82, 2.24) is 9.97 Å². The van der Waals surface area contributed by atoms with Crippen molar-refractivity contribution in [3.63, 3.8) is 0 Å². The van der Waals surface area contributed by atoms with E-state index in [1.54, 1.807) is 18.5 Å². The first kappa shape index (κ1) is 15.1. The topological polar surface area (TPSA) is 86.2 Å². The van der Waals surface area contributed by atoms with Gasteiger partial charge in [-0.1, -0.05) is 13.8 Å². The maximum absolute atomic E-state index is 12.5. The van der Waals surface area contributed by atoms with Gasteiger partial charge in [0, 0.05) is 30.3 Å². The summed E-state index contributed by atoms with van der Waals surface area (Å²) in [6.45, 7) is 3.84. The van der Waals surface area contributed by atoms with E-state index in [1.165, 1.54) is 6.07 Å². The van der Waals surface area contributed by atoms with Crippen molar-refractivity contribution in [2.24, 2.45) is 0 Å². The minimum atomic E-state index is -0.207. The first-order valence-corrected chi connectivity index (χ1v) is 7.47. The summed E-state index contributed by atoms with van der Waals surface area (Å²) >= 11 is 0. The number of ketones is 1. The van der Waals surface area contributed by atoms with Crippen molar-refractivity contribution >= 4 is 16.8 Å². The number of aromatic hydroxyl groups is 2. The molecule has 23 heavy (non-hydrogen) atoms. The predicted molar refractivity (Wildman–Crippen MR) is 88.0 cm³/mol. The van der Waals surface area contributed by atoms with E-state index < -0.39 is 0 Å². The van der Waals surface area contributed by atoms with E-state index in [-0.39, 0.29) is 35.2 Å². The molecular formula is C18H18N2O3. The number of H-pyrrole nitrogens is 1. The second-order valence-electron chi connectivity index (χ2n) is 5.94. The summed E-state index contributed by atoms with van der Waals surface area (Å²) in [5.41, 5.74) is 2.42. The number of hydrogen-bond donors (Lipinski definition) is 3. The van der Waals surface area contributed by atoms with Crippen molar-refractivity contribution in [2.45, 2.75) is 26.2 Å². The number of benzene rings is 1. The van der Waals surface area contributed by atoms with E-state index in [4.69, 9.17) is 0 Å². The molecule has 0 unspecified atom stereocenters. The molecule has 0 fully saturated rings.